The molecule has 0 fully saturated rings. The number of hydrogen-bond donors (Lipinski definition) is 1. The normalized spacial score (nSPS) is 20.8. The van der Waals surface area contributed by atoms with Gasteiger partial charge in [0.2, 0.25) is 0 Å². The number of carbonyl (C=O) groups is 3. The van der Waals surface area contributed by atoms with Crippen molar-refractivity contribution in [3.63, 3.8) is 0 Å². The van der Waals surface area contributed by atoms with E-state index < -0.39 is 41.3 Å². The number of hydrogen-bond acceptors (Lipinski definition) is 7. The number of ether oxygens (including phenoxy) is 2. The van der Waals surface area contributed by atoms with Gasteiger partial charge in [-0.3, -0.25) is 14.5 Å². The van der Waals surface area contributed by atoms with E-state index in [2.05, 4.69) is 0 Å². The Morgan fingerprint density at radius 1 is 0.950 bits per heavy atom. The van der Waals surface area contributed by atoms with Crippen molar-refractivity contribution >= 4 is 35.0 Å². The lowest BCUT2D eigenvalue weighted by Crippen LogP contribution is -2.46. The summed E-state index contributed by atoms with van der Waals surface area (Å²) in [7, 11) is 2.42. The molecular formula is C31H26ClFN2O5. The van der Waals surface area contributed by atoms with Gasteiger partial charge in [0.25, 0.3) is 0 Å². The van der Waals surface area contributed by atoms with Gasteiger partial charge in [-0.05, 0) is 41.8 Å². The highest BCUT2D eigenvalue weighted by molar-refractivity contribution is 6.30. The number of ketones is 1. The number of nitrogens with zero attached hydrogens (tertiary/aromatic N) is 1. The van der Waals surface area contributed by atoms with E-state index in [0.29, 0.717) is 16.3 Å². The van der Waals surface area contributed by atoms with E-state index in [-0.39, 0.29) is 29.1 Å². The number of allylic oxidation sites excluding steroid dienone is 2. The Balaban J connectivity index is 1.85. The maximum absolute atomic E-state index is 15.3. The molecule has 204 valence electrons. The second kappa shape index (κ2) is 11.0. The molecule has 2 aliphatic rings. The third kappa shape index (κ3) is 4.54. The first kappa shape index (κ1) is 27.1. The van der Waals surface area contributed by atoms with Crippen molar-refractivity contribution in [1.29, 1.82) is 0 Å². The average molecular weight is 561 g/mol. The molecule has 9 heteroatoms. The molecule has 0 aromatic heterocycles. The number of anilines is 1. The highest BCUT2D eigenvalue weighted by Crippen LogP contribution is 2.51. The first-order valence-corrected chi connectivity index (χ1v) is 12.9. The minimum Gasteiger partial charge on any atom is -0.468 e. The summed E-state index contributed by atoms with van der Waals surface area (Å²) in [6.07, 6.45) is 0.130. The van der Waals surface area contributed by atoms with Crippen molar-refractivity contribution in [2.45, 2.75) is 18.3 Å². The summed E-state index contributed by atoms with van der Waals surface area (Å²) in [6.45, 7) is 0. The van der Waals surface area contributed by atoms with Gasteiger partial charge in [0, 0.05) is 22.2 Å². The van der Waals surface area contributed by atoms with E-state index in [0.717, 1.165) is 5.56 Å². The van der Waals surface area contributed by atoms with Crippen LogP contribution in [-0.2, 0) is 23.9 Å². The van der Waals surface area contributed by atoms with Gasteiger partial charge in [-0.2, -0.15) is 0 Å². The number of nitrogens with two attached hydrogens (primary N) is 1. The van der Waals surface area contributed by atoms with Crippen molar-refractivity contribution in [2.24, 2.45) is 11.7 Å². The summed E-state index contributed by atoms with van der Waals surface area (Å²) in [5.41, 5.74) is 8.40. The van der Waals surface area contributed by atoms with E-state index in [1.54, 1.807) is 30.3 Å². The minimum absolute atomic E-state index is 0.0505. The van der Waals surface area contributed by atoms with Gasteiger partial charge < -0.3 is 15.2 Å². The molecule has 0 radical (unpaired) electrons. The number of rotatable bonds is 5. The quantitative estimate of drug-likeness (QED) is 0.337. The molecule has 0 saturated carbocycles. The summed E-state index contributed by atoms with van der Waals surface area (Å²) < 4.78 is 25.5. The molecule has 7 nitrogen and oxygen atoms in total. The van der Waals surface area contributed by atoms with Gasteiger partial charge in [-0.1, -0.05) is 66.2 Å². The highest BCUT2D eigenvalue weighted by atomic mass is 35.5. The lowest BCUT2D eigenvalue weighted by Gasteiger charge is -2.44. The van der Waals surface area contributed by atoms with Gasteiger partial charge in [-0.15, -0.1) is 0 Å². The Kier molecular flexibility index (Phi) is 7.45. The fraction of sp³-hybridized carbons (Fsp3) is 0.194. The predicted molar refractivity (Wildman–Crippen MR) is 148 cm³/mol. The maximum Gasteiger partial charge on any atom is 0.338 e. The van der Waals surface area contributed by atoms with Gasteiger partial charge in [0.05, 0.1) is 31.4 Å². The van der Waals surface area contributed by atoms with Crippen LogP contribution in [0.3, 0.4) is 0 Å². The molecule has 0 unspecified atom stereocenters. The van der Waals surface area contributed by atoms with Crippen LogP contribution in [0.4, 0.5) is 10.1 Å². The molecule has 1 heterocycles. The fourth-order valence-corrected chi connectivity index (χ4v) is 5.87. The van der Waals surface area contributed by atoms with Gasteiger partial charge in [0.15, 0.2) is 5.78 Å². The third-order valence-electron chi connectivity index (χ3n) is 7.40. The van der Waals surface area contributed by atoms with Crippen molar-refractivity contribution in [1.82, 2.24) is 0 Å². The molecule has 3 atom stereocenters. The topological polar surface area (TPSA) is 98.9 Å². The number of para-hydroxylation sites is 1. The molecule has 3 aromatic rings. The second-order valence-corrected chi connectivity index (χ2v) is 9.95. The number of methoxy groups -OCH3 is 2. The van der Waals surface area contributed by atoms with Crippen LogP contribution in [0, 0.1) is 11.7 Å². The Morgan fingerprint density at radius 3 is 2.27 bits per heavy atom. The minimum atomic E-state index is -1.21. The van der Waals surface area contributed by atoms with E-state index >= 15 is 4.39 Å². The summed E-state index contributed by atoms with van der Waals surface area (Å²) in [5.74, 6) is -5.64. The van der Waals surface area contributed by atoms with E-state index in [9.17, 15) is 14.4 Å². The van der Waals surface area contributed by atoms with Crippen LogP contribution < -0.4 is 10.6 Å². The Morgan fingerprint density at radius 2 is 1.62 bits per heavy atom. The van der Waals surface area contributed by atoms with E-state index in [4.69, 9.17) is 26.8 Å². The average Bonchev–Trinajstić information content (AvgIpc) is 2.96. The lowest BCUT2D eigenvalue weighted by atomic mass is 9.67. The molecule has 3 aromatic carbocycles. The SMILES string of the molecule is COC(=O)C1=C(N)N(c2ccccc2F)C2=C(C(=O)[C@H](C(=O)OC)[C@@H](c3ccccc3)C2)[C@@H]1c1cccc(Cl)c1. The van der Waals surface area contributed by atoms with Gasteiger partial charge in [-0.25, -0.2) is 9.18 Å². The molecule has 1 aliphatic heterocycles. The van der Waals surface area contributed by atoms with Crippen molar-refractivity contribution < 1.29 is 28.2 Å². The number of benzene rings is 3. The first-order chi connectivity index (χ1) is 19.3. The maximum atomic E-state index is 15.3. The Labute approximate surface area is 235 Å². The van der Waals surface area contributed by atoms with Crippen LogP contribution in [0.1, 0.15) is 29.4 Å². The van der Waals surface area contributed by atoms with Crippen LogP contribution in [0.2, 0.25) is 5.02 Å². The molecule has 2 N–H and O–H groups in total. The molecule has 40 heavy (non-hydrogen) atoms. The van der Waals surface area contributed by atoms with Gasteiger partial charge >= 0.3 is 11.9 Å². The summed E-state index contributed by atoms with van der Waals surface area (Å²) in [4.78, 5) is 42.4. The van der Waals surface area contributed by atoms with Gasteiger partial charge in [0.1, 0.15) is 17.6 Å². The van der Waals surface area contributed by atoms with Crippen LogP contribution >= 0.6 is 11.6 Å². The van der Waals surface area contributed by atoms with Crippen molar-refractivity contribution in [3.05, 3.63) is 123 Å². The van der Waals surface area contributed by atoms with Crippen LogP contribution in [0.15, 0.2) is 102 Å². The number of halogens is 2. The van der Waals surface area contributed by atoms with Crippen LogP contribution in [0.5, 0.6) is 0 Å². The zero-order valence-corrected chi connectivity index (χ0v) is 22.5. The summed E-state index contributed by atoms with van der Waals surface area (Å²) >= 11 is 6.32. The summed E-state index contributed by atoms with van der Waals surface area (Å²) in [5, 5.41) is 0.369. The number of esters is 2. The summed E-state index contributed by atoms with van der Waals surface area (Å²) in [6, 6.07) is 21.7. The smallest absolute Gasteiger partial charge is 0.338 e. The molecular weight excluding hydrogens is 535 g/mol. The van der Waals surface area contributed by atoms with Crippen molar-refractivity contribution in [3.8, 4) is 0 Å². The Bertz CT molecular complexity index is 1570. The largest absolute Gasteiger partial charge is 0.468 e. The van der Waals surface area contributed by atoms with Crippen LogP contribution in [0.25, 0.3) is 0 Å². The Hall–Kier alpha value is -4.43. The molecule has 0 bridgehead atoms. The van der Waals surface area contributed by atoms with Crippen molar-refractivity contribution in [2.75, 3.05) is 19.1 Å². The lowest BCUT2D eigenvalue weighted by molar-refractivity contribution is -0.150. The zero-order valence-electron chi connectivity index (χ0n) is 21.8. The second-order valence-electron chi connectivity index (χ2n) is 9.51. The fourth-order valence-electron chi connectivity index (χ4n) is 5.68. The predicted octanol–water partition coefficient (Wildman–Crippen LogP) is 5.23. The third-order valence-corrected chi connectivity index (χ3v) is 7.64. The molecule has 0 spiro atoms. The van der Waals surface area contributed by atoms with Crippen LogP contribution in [-0.4, -0.2) is 31.9 Å². The molecule has 5 rings (SSSR count). The number of carbonyl (C=O) groups excluding carboxylic acids is 3. The molecule has 1 aliphatic carbocycles. The molecule has 0 amide bonds. The monoisotopic (exact) mass is 560 g/mol. The first-order valence-electron chi connectivity index (χ1n) is 12.6. The molecule has 0 saturated heterocycles. The van der Waals surface area contributed by atoms with E-state index in [1.165, 1.54) is 37.3 Å². The number of Topliss-reactive ketones (excluding diaryl/α,β-unsaturated/α-hetero) is 1. The highest BCUT2D eigenvalue weighted by Gasteiger charge is 2.51. The van der Waals surface area contributed by atoms with E-state index in [1.807, 2.05) is 30.3 Å². The standard InChI is InChI=1S/C31H26ClFN2O5/c1-39-30(37)25-20(17-9-4-3-5-10-17)16-23-26(28(25)36)24(18-11-8-12-19(32)15-18)27(31(38)40-2)29(34)35(23)22-14-7-6-13-21(22)33/h3-15,20,24-25H,16,34H2,1-2H3/t20-,24+,25-/m1/s1. The zero-order chi connectivity index (χ0) is 28.6.